The molecule has 1 aromatic rings. The van der Waals surface area contributed by atoms with Gasteiger partial charge in [0.25, 0.3) is 0 Å². The minimum Gasteiger partial charge on any atom is -0.387 e. The zero-order valence-electron chi connectivity index (χ0n) is 11.6. The molecule has 2 rings (SSSR count). The number of nitrogens with one attached hydrogen (secondary N) is 1. The topological polar surface area (TPSA) is 70.6 Å². The maximum Gasteiger partial charge on any atom is 0.193 e. The van der Waals surface area contributed by atoms with Crippen LogP contribution in [0, 0.1) is 0 Å². The number of thioether (sulfide) groups is 1. The van der Waals surface area contributed by atoms with E-state index in [9.17, 15) is 5.11 Å². The number of benzene rings is 1. The summed E-state index contributed by atoms with van der Waals surface area (Å²) in [5, 5.41) is 13.2. The van der Waals surface area contributed by atoms with Crippen molar-refractivity contribution in [2.45, 2.75) is 25.4 Å². The van der Waals surface area contributed by atoms with Gasteiger partial charge < -0.3 is 16.2 Å². The Hall–Kier alpha value is -0.470. The number of aliphatic imine (C=N–C) groups is 1. The highest BCUT2D eigenvalue weighted by Gasteiger charge is 2.31. The Kier molecular flexibility index (Phi) is 7.11. The SMILES string of the molecule is CCc1cccc(NC(N)=NCC2(O)CCSC2)c1.I. The van der Waals surface area contributed by atoms with Gasteiger partial charge in [-0.3, -0.25) is 4.99 Å². The van der Waals surface area contributed by atoms with Crippen LogP contribution in [0.25, 0.3) is 0 Å². The number of aliphatic hydroxyl groups is 1. The molecule has 20 heavy (non-hydrogen) atoms. The van der Waals surface area contributed by atoms with Gasteiger partial charge in [0.2, 0.25) is 0 Å². The van der Waals surface area contributed by atoms with E-state index in [0.29, 0.717) is 12.5 Å². The molecule has 4 nitrogen and oxygen atoms in total. The molecule has 0 spiro atoms. The van der Waals surface area contributed by atoms with Gasteiger partial charge >= 0.3 is 0 Å². The van der Waals surface area contributed by atoms with Gasteiger partial charge in [-0.05, 0) is 36.3 Å². The van der Waals surface area contributed by atoms with E-state index in [0.717, 1.165) is 30.0 Å². The molecule has 1 heterocycles. The van der Waals surface area contributed by atoms with Crippen molar-refractivity contribution in [3.8, 4) is 0 Å². The van der Waals surface area contributed by atoms with Crippen molar-refractivity contribution >= 4 is 47.4 Å². The molecule has 1 atom stereocenters. The van der Waals surface area contributed by atoms with Crippen LogP contribution in [0.5, 0.6) is 0 Å². The second-order valence-electron chi connectivity index (χ2n) is 4.91. The number of hydrogen-bond donors (Lipinski definition) is 3. The molecule has 1 aliphatic heterocycles. The van der Waals surface area contributed by atoms with E-state index in [1.807, 2.05) is 12.1 Å². The first-order chi connectivity index (χ1) is 9.11. The third kappa shape index (κ3) is 5.14. The second-order valence-corrected chi connectivity index (χ2v) is 6.01. The van der Waals surface area contributed by atoms with Crippen LogP contribution in [0.15, 0.2) is 29.3 Å². The summed E-state index contributed by atoms with van der Waals surface area (Å²) in [7, 11) is 0. The molecular formula is C14H22IN3OS. The summed E-state index contributed by atoms with van der Waals surface area (Å²) >= 11 is 1.76. The van der Waals surface area contributed by atoms with Crippen LogP contribution in [0.2, 0.25) is 0 Å². The third-order valence-corrected chi connectivity index (χ3v) is 4.47. The molecule has 0 aliphatic carbocycles. The fraction of sp³-hybridized carbons (Fsp3) is 0.500. The number of rotatable bonds is 4. The Morgan fingerprint density at radius 1 is 1.55 bits per heavy atom. The van der Waals surface area contributed by atoms with Crippen LogP contribution < -0.4 is 11.1 Å². The lowest BCUT2D eigenvalue weighted by atomic mass is 10.1. The molecule has 0 amide bonds. The zero-order valence-corrected chi connectivity index (χ0v) is 14.8. The summed E-state index contributed by atoms with van der Waals surface area (Å²) in [4.78, 5) is 4.25. The number of nitrogens with zero attached hydrogens (tertiary/aromatic N) is 1. The maximum atomic E-state index is 10.2. The number of hydrogen-bond acceptors (Lipinski definition) is 3. The van der Waals surface area contributed by atoms with Gasteiger partial charge in [0.1, 0.15) is 0 Å². The van der Waals surface area contributed by atoms with E-state index in [4.69, 9.17) is 5.73 Å². The molecule has 0 bridgehead atoms. The van der Waals surface area contributed by atoms with Crippen molar-refractivity contribution in [1.29, 1.82) is 0 Å². The Balaban J connectivity index is 0.00000200. The highest BCUT2D eigenvalue weighted by molar-refractivity contribution is 14.0. The molecule has 0 radical (unpaired) electrons. The van der Waals surface area contributed by atoms with Crippen LogP contribution in [0.1, 0.15) is 18.9 Å². The van der Waals surface area contributed by atoms with E-state index in [-0.39, 0.29) is 24.0 Å². The Morgan fingerprint density at radius 2 is 2.35 bits per heavy atom. The second kappa shape index (κ2) is 8.09. The van der Waals surface area contributed by atoms with Gasteiger partial charge in [0.15, 0.2) is 5.96 Å². The van der Waals surface area contributed by atoms with Gasteiger partial charge in [-0.15, -0.1) is 24.0 Å². The summed E-state index contributed by atoms with van der Waals surface area (Å²) in [5.74, 6) is 2.10. The number of aryl methyl sites for hydroxylation is 1. The van der Waals surface area contributed by atoms with E-state index in [2.05, 4.69) is 29.4 Å². The first kappa shape index (κ1) is 17.6. The average molecular weight is 407 g/mol. The number of guanidine groups is 1. The first-order valence-electron chi connectivity index (χ1n) is 6.57. The van der Waals surface area contributed by atoms with Crippen LogP contribution in [-0.2, 0) is 6.42 Å². The van der Waals surface area contributed by atoms with E-state index < -0.39 is 5.60 Å². The van der Waals surface area contributed by atoms with Crippen LogP contribution in [-0.4, -0.2) is 34.7 Å². The van der Waals surface area contributed by atoms with Gasteiger partial charge in [0.05, 0.1) is 12.1 Å². The number of anilines is 1. The van der Waals surface area contributed by atoms with Crippen molar-refractivity contribution in [3.05, 3.63) is 29.8 Å². The summed E-state index contributed by atoms with van der Waals surface area (Å²) in [6.45, 7) is 2.48. The highest BCUT2D eigenvalue weighted by Crippen LogP contribution is 2.27. The lowest BCUT2D eigenvalue weighted by molar-refractivity contribution is 0.0780. The Morgan fingerprint density at radius 3 is 3.00 bits per heavy atom. The summed E-state index contributed by atoms with van der Waals surface area (Å²) < 4.78 is 0. The van der Waals surface area contributed by atoms with Crippen LogP contribution in [0.4, 0.5) is 5.69 Å². The fourth-order valence-corrected chi connectivity index (χ4v) is 3.29. The minimum absolute atomic E-state index is 0. The van der Waals surface area contributed by atoms with Gasteiger partial charge in [-0.2, -0.15) is 11.8 Å². The lowest BCUT2D eigenvalue weighted by Crippen LogP contribution is -2.34. The Bertz CT molecular complexity index is 461. The predicted octanol–water partition coefficient (Wildman–Crippen LogP) is 2.46. The van der Waals surface area contributed by atoms with E-state index in [1.165, 1.54) is 5.56 Å². The largest absolute Gasteiger partial charge is 0.387 e. The third-order valence-electron chi connectivity index (χ3n) is 3.23. The predicted molar refractivity (Wildman–Crippen MR) is 98.2 cm³/mol. The van der Waals surface area contributed by atoms with Gasteiger partial charge in [0, 0.05) is 11.4 Å². The van der Waals surface area contributed by atoms with Crippen molar-refractivity contribution in [3.63, 3.8) is 0 Å². The number of halogens is 1. The van der Waals surface area contributed by atoms with Crippen molar-refractivity contribution < 1.29 is 5.11 Å². The molecule has 112 valence electrons. The van der Waals surface area contributed by atoms with Gasteiger partial charge in [-0.25, -0.2) is 0 Å². The minimum atomic E-state index is -0.678. The van der Waals surface area contributed by atoms with Crippen LogP contribution >= 0.6 is 35.7 Å². The van der Waals surface area contributed by atoms with Gasteiger partial charge in [-0.1, -0.05) is 19.1 Å². The zero-order chi connectivity index (χ0) is 13.7. The average Bonchev–Trinajstić information content (AvgIpc) is 2.84. The molecule has 0 saturated carbocycles. The van der Waals surface area contributed by atoms with Crippen molar-refractivity contribution in [1.82, 2.24) is 0 Å². The van der Waals surface area contributed by atoms with Crippen molar-refractivity contribution in [2.24, 2.45) is 10.7 Å². The fourth-order valence-electron chi connectivity index (χ4n) is 2.01. The summed E-state index contributed by atoms with van der Waals surface area (Å²) in [6.07, 6.45) is 1.78. The molecule has 1 fully saturated rings. The lowest BCUT2D eigenvalue weighted by Gasteiger charge is -2.18. The normalized spacial score (nSPS) is 22.4. The smallest absolute Gasteiger partial charge is 0.193 e. The molecule has 1 unspecified atom stereocenters. The monoisotopic (exact) mass is 407 g/mol. The standard InChI is InChI=1S/C14H21N3OS.HI/c1-2-11-4-3-5-12(8-11)17-13(15)16-9-14(18)6-7-19-10-14;/h3-5,8,18H,2,6-7,9-10H2,1H3,(H3,15,16,17);1H. The quantitative estimate of drug-likeness (QED) is 0.408. The first-order valence-corrected chi connectivity index (χ1v) is 7.73. The molecule has 0 aromatic heterocycles. The molecule has 1 aromatic carbocycles. The molecule has 1 saturated heterocycles. The molecular weight excluding hydrogens is 385 g/mol. The van der Waals surface area contributed by atoms with E-state index >= 15 is 0 Å². The summed E-state index contributed by atoms with van der Waals surface area (Å²) in [6, 6.07) is 8.09. The molecule has 6 heteroatoms. The molecule has 4 N–H and O–H groups in total. The van der Waals surface area contributed by atoms with Crippen molar-refractivity contribution in [2.75, 3.05) is 23.4 Å². The summed E-state index contributed by atoms with van der Waals surface area (Å²) in [5.41, 5.74) is 7.37. The highest BCUT2D eigenvalue weighted by atomic mass is 127. The Labute approximate surface area is 141 Å². The van der Waals surface area contributed by atoms with Crippen LogP contribution in [0.3, 0.4) is 0 Å². The maximum absolute atomic E-state index is 10.2. The number of nitrogens with two attached hydrogens (primary N) is 1. The van der Waals surface area contributed by atoms with E-state index in [1.54, 1.807) is 11.8 Å². The molecule has 1 aliphatic rings.